The maximum atomic E-state index is 11.2. The number of nitrogens with one attached hydrogen (secondary N) is 2. The summed E-state index contributed by atoms with van der Waals surface area (Å²) in [7, 11) is -3.48. The molecule has 2 amide bonds. The van der Waals surface area contributed by atoms with Crippen LogP contribution in [0.2, 0.25) is 0 Å². The third kappa shape index (κ3) is 9.21. The van der Waals surface area contributed by atoms with Crippen LogP contribution in [0.3, 0.4) is 0 Å². The smallest absolute Gasteiger partial charge is 0.312 e. The van der Waals surface area contributed by atoms with Gasteiger partial charge in [0.15, 0.2) is 0 Å². The lowest BCUT2D eigenvalue weighted by Gasteiger charge is -2.05. The number of carboxylic acids is 1. The average Bonchev–Trinajstić information content (AvgIpc) is 2.11. The molecule has 0 aromatic carbocycles. The minimum absolute atomic E-state index is 0.0261. The zero-order chi connectivity index (χ0) is 12.6. The number of amides is 2. The number of carbonyl (C=O) groups is 2. The Morgan fingerprint density at radius 3 is 2.38 bits per heavy atom. The third-order valence-electron chi connectivity index (χ3n) is 1.55. The fraction of sp³-hybridized carbons (Fsp3) is 0.714. The van der Waals surface area contributed by atoms with Gasteiger partial charge in [-0.05, 0) is 6.42 Å². The molecule has 0 aliphatic heterocycles. The Kier molecular flexibility index (Phi) is 6.42. The summed E-state index contributed by atoms with van der Waals surface area (Å²) in [6.45, 7) is 0.117. The van der Waals surface area contributed by atoms with Crippen molar-refractivity contribution < 1.29 is 23.1 Å². The van der Waals surface area contributed by atoms with Crippen molar-refractivity contribution in [3.8, 4) is 0 Å². The van der Waals surface area contributed by atoms with Crippen LogP contribution in [0.1, 0.15) is 12.8 Å². The van der Waals surface area contributed by atoms with E-state index in [1.165, 1.54) is 0 Å². The van der Waals surface area contributed by atoms with E-state index in [1.54, 1.807) is 0 Å². The average molecular weight is 253 g/mol. The monoisotopic (exact) mass is 253 g/mol. The molecule has 94 valence electrons. The zero-order valence-corrected chi connectivity index (χ0v) is 9.42. The van der Waals surface area contributed by atoms with Crippen molar-refractivity contribution in [2.45, 2.75) is 12.8 Å². The first kappa shape index (κ1) is 14.6. The van der Waals surface area contributed by atoms with E-state index in [1.807, 2.05) is 0 Å². The maximum absolute atomic E-state index is 11.2. The van der Waals surface area contributed by atoms with E-state index in [-0.39, 0.29) is 31.7 Å². The van der Waals surface area contributed by atoms with E-state index >= 15 is 0 Å². The quantitative estimate of drug-likeness (QED) is 0.387. The SMILES string of the molecule is NC(=O)NCCNS(=O)(=O)CCCC(=O)O. The number of hydrogen-bond acceptors (Lipinski definition) is 4. The fourth-order valence-electron chi connectivity index (χ4n) is 0.878. The molecule has 0 radical (unpaired) electrons. The summed E-state index contributed by atoms with van der Waals surface area (Å²) < 4.78 is 24.6. The van der Waals surface area contributed by atoms with Gasteiger partial charge in [-0.3, -0.25) is 4.79 Å². The van der Waals surface area contributed by atoms with Gasteiger partial charge in [0.25, 0.3) is 0 Å². The van der Waals surface area contributed by atoms with E-state index < -0.39 is 22.0 Å². The molecule has 0 rings (SSSR count). The van der Waals surface area contributed by atoms with Crippen LogP contribution >= 0.6 is 0 Å². The lowest BCUT2D eigenvalue weighted by molar-refractivity contribution is -0.137. The molecule has 0 saturated carbocycles. The van der Waals surface area contributed by atoms with E-state index in [0.717, 1.165) is 0 Å². The number of rotatable bonds is 8. The molecule has 0 aromatic heterocycles. The number of hydrogen-bond donors (Lipinski definition) is 4. The van der Waals surface area contributed by atoms with Crippen LogP contribution < -0.4 is 15.8 Å². The molecule has 0 bridgehead atoms. The number of sulfonamides is 1. The lowest BCUT2D eigenvalue weighted by atomic mass is 10.3. The van der Waals surface area contributed by atoms with E-state index in [0.29, 0.717) is 0 Å². The van der Waals surface area contributed by atoms with Crippen molar-refractivity contribution >= 4 is 22.0 Å². The highest BCUT2D eigenvalue weighted by Gasteiger charge is 2.10. The van der Waals surface area contributed by atoms with Gasteiger partial charge < -0.3 is 16.2 Å². The zero-order valence-electron chi connectivity index (χ0n) is 8.60. The van der Waals surface area contributed by atoms with Crippen LogP contribution in [0.25, 0.3) is 0 Å². The van der Waals surface area contributed by atoms with Gasteiger partial charge in [0.05, 0.1) is 5.75 Å². The second kappa shape index (κ2) is 7.01. The Bertz CT molecular complexity index is 340. The maximum Gasteiger partial charge on any atom is 0.312 e. The van der Waals surface area contributed by atoms with Crippen LogP contribution in [0.5, 0.6) is 0 Å². The molecule has 0 heterocycles. The number of aliphatic carboxylic acids is 1. The number of primary amides is 1. The molecule has 0 fully saturated rings. The Morgan fingerprint density at radius 1 is 1.25 bits per heavy atom. The predicted molar refractivity (Wildman–Crippen MR) is 56.2 cm³/mol. The second-order valence-corrected chi connectivity index (χ2v) is 4.93. The standard InChI is InChI=1S/C7H15N3O5S/c8-7(13)9-3-4-10-16(14,15)5-1-2-6(11)12/h10H,1-5H2,(H,11,12)(H3,8,9,13). The number of carboxylic acid groups (broad SMARTS) is 1. The van der Waals surface area contributed by atoms with Crippen LogP contribution in [-0.2, 0) is 14.8 Å². The summed E-state index contributed by atoms with van der Waals surface area (Å²) >= 11 is 0. The van der Waals surface area contributed by atoms with Crippen molar-refractivity contribution in [3.63, 3.8) is 0 Å². The van der Waals surface area contributed by atoms with Crippen molar-refractivity contribution in [2.75, 3.05) is 18.8 Å². The molecule has 9 heteroatoms. The highest BCUT2D eigenvalue weighted by molar-refractivity contribution is 7.89. The van der Waals surface area contributed by atoms with Gasteiger partial charge in [-0.1, -0.05) is 0 Å². The van der Waals surface area contributed by atoms with Gasteiger partial charge >= 0.3 is 12.0 Å². The fourth-order valence-corrected chi connectivity index (χ4v) is 1.96. The van der Waals surface area contributed by atoms with Crippen LogP contribution in [0.15, 0.2) is 0 Å². The molecular formula is C7H15N3O5S. The van der Waals surface area contributed by atoms with Crippen molar-refractivity contribution in [1.29, 1.82) is 0 Å². The minimum atomic E-state index is -3.48. The predicted octanol–water partition coefficient (Wildman–Crippen LogP) is -1.56. The topological polar surface area (TPSA) is 139 Å². The Labute approximate surface area is 93.2 Å². The molecule has 0 aromatic rings. The molecule has 0 aliphatic carbocycles. The molecule has 0 saturated heterocycles. The molecular weight excluding hydrogens is 238 g/mol. The van der Waals surface area contributed by atoms with Crippen LogP contribution in [0, 0.1) is 0 Å². The minimum Gasteiger partial charge on any atom is -0.481 e. The first-order chi connectivity index (χ1) is 7.33. The van der Waals surface area contributed by atoms with Gasteiger partial charge in [0, 0.05) is 19.5 Å². The van der Waals surface area contributed by atoms with Gasteiger partial charge in [-0.2, -0.15) is 0 Å². The molecule has 8 nitrogen and oxygen atoms in total. The summed E-state index contributed by atoms with van der Waals surface area (Å²) in [5, 5.41) is 10.5. The van der Waals surface area contributed by atoms with Gasteiger partial charge in [-0.15, -0.1) is 0 Å². The van der Waals surface area contributed by atoms with Crippen LogP contribution in [-0.4, -0.2) is 44.4 Å². The van der Waals surface area contributed by atoms with Gasteiger partial charge in [0.1, 0.15) is 0 Å². The summed E-state index contributed by atoms with van der Waals surface area (Å²) in [6.07, 6.45) is -0.144. The Morgan fingerprint density at radius 2 is 1.88 bits per heavy atom. The first-order valence-electron chi connectivity index (χ1n) is 4.56. The number of urea groups is 1. The van der Waals surface area contributed by atoms with E-state index in [4.69, 9.17) is 10.8 Å². The van der Waals surface area contributed by atoms with Crippen LogP contribution in [0.4, 0.5) is 4.79 Å². The highest BCUT2D eigenvalue weighted by atomic mass is 32.2. The summed E-state index contributed by atoms with van der Waals surface area (Å²) in [4.78, 5) is 20.4. The van der Waals surface area contributed by atoms with E-state index in [2.05, 4.69) is 10.0 Å². The highest BCUT2D eigenvalue weighted by Crippen LogP contribution is 1.94. The molecule has 0 atom stereocenters. The van der Waals surface area contributed by atoms with Crippen molar-refractivity contribution in [2.24, 2.45) is 5.73 Å². The largest absolute Gasteiger partial charge is 0.481 e. The lowest BCUT2D eigenvalue weighted by Crippen LogP contribution is -2.37. The molecule has 0 unspecified atom stereocenters. The van der Waals surface area contributed by atoms with Gasteiger partial charge in [-0.25, -0.2) is 17.9 Å². The summed E-state index contributed by atoms with van der Waals surface area (Å²) in [5.74, 6) is -1.29. The Hall–Kier alpha value is -1.35. The number of nitrogens with two attached hydrogens (primary N) is 1. The number of carbonyl (C=O) groups excluding carboxylic acids is 1. The van der Waals surface area contributed by atoms with Crippen molar-refractivity contribution in [3.05, 3.63) is 0 Å². The van der Waals surface area contributed by atoms with E-state index in [9.17, 15) is 18.0 Å². The summed E-state index contributed by atoms with van der Waals surface area (Å²) in [5.41, 5.74) is 4.76. The molecule has 16 heavy (non-hydrogen) atoms. The second-order valence-electron chi connectivity index (χ2n) is 3.00. The third-order valence-corrected chi connectivity index (χ3v) is 3.02. The normalized spacial score (nSPS) is 11.0. The molecule has 0 spiro atoms. The molecule has 5 N–H and O–H groups in total. The van der Waals surface area contributed by atoms with Gasteiger partial charge in [0.2, 0.25) is 10.0 Å². The molecule has 0 aliphatic rings. The summed E-state index contributed by atoms with van der Waals surface area (Å²) in [6, 6.07) is -0.731. The Balaban J connectivity index is 3.70. The first-order valence-corrected chi connectivity index (χ1v) is 6.21. The van der Waals surface area contributed by atoms with Crippen molar-refractivity contribution in [1.82, 2.24) is 10.0 Å².